The molecule has 102 valence electrons. The Labute approximate surface area is 107 Å². The van der Waals surface area contributed by atoms with Crippen molar-refractivity contribution in [3.05, 3.63) is 0 Å². The van der Waals surface area contributed by atoms with E-state index in [1.807, 2.05) is 0 Å². The SMILES string of the molecule is CC[Si](CC)(CC)OOC(C)(C)CC1CCO1. The lowest BCUT2D eigenvalue weighted by molar-refractivity contribution is -0.302. The topological polar surface area (TPSA) is 27.7 Å². The van der Waals surface area contributed by atoms with E-state index < -0.39 is 8.32 Å². The first-order valence-electron chi connectivity index (χ1n) is 6.95. The lowest BCUT2D eigenvalue weighted by Crippen LogP contribution is -2.42. The van der Waals surface area contributed by atoms with Gasteiger partial charge in [-0.25, -0.2) is 4.89 Å². The van der Waals surface area contributed by atoms with Crippen molar-refractivity contribution < 1.29 is 14.2 Å². The molecular weight excluding hydrogens is 232 g/mol. The molecule has 0 amide bonds. The quantitative estimate of drug-likeness (QED) is 0.376. The average Bonchev–Trinajstić information content (AvgIpc) is 2.27. The van der Waals surface area contributed by atoms with Crippen LogP contribution in [0.25, 0.3) is 0 Å². The highest BCUT2D eigenvalue weighted by atomic mass is 28.4. The monoisotopic (exact) mass is 260 g/mol. The van der Waals surface area contributed by atoms with Crippen molar-refractivity contribution in [1.29, 1.82) is 0 Å². The first kappa shape index (κ1) is 15.2. The first-order valence-corrected chi connectivity index (χ1v) is 9.48. The van der Waals surface area contributed by atoms with E-state index >= 15 is 0 Å². The smallest absolute Gasteiger partial charge is 0.238 e. The van der Waals surface area contributed by atoms with Gasteiger partial charge in [0.2, 0.25) is 8.32 Å². The fourth-order valence-corrected chi connectivity index (χ4v) is 4.41. The Morgan fingerprint density at radius 1 is 1.18 bits per heavy atom. The zero-order chi connectivity index (χ0) is 12.9. The van der Waals surface area contributed by atoms with Gasteiger partial charge in [-0.1, -0.05) is 20.8 Å². The van der Waals surface area contributed by atoms with E-state index in [2.05, 4.69) is 34.6 Å². The third-order valence-electron chi connectivity index (χ3n) is 3.89. The van der Waals surface area contributed by atoms with Crippen LogP contribution in [0.5, 0.6) is 0 Å². The second-order valence-electron chi connectivity index (χ2n) is 5.66. The van der Waals surface area contributed by atoms with Crippen molar-refractivity contribution in [3.63, 3.8) is 0 Å². The Kier molecular flexibility index (Phi) is 5.63. The van der Waals surface area contributed by atoms with Crippen molar-refractivity contribution in [3.8, 4) is 0 Å². The third-order valence-corrected chi connectivity index (χ3v) is 8.19. The van der Waals surface area contributed by atoms with Crippen LogP contribution in [0.1, 0.15) is 47.5 Å². The van der Waals surface area contributed by atoms with E-state index in [0.29, 0.717) is 6.10 Å². The highest BCUT2D eigenvalue weighted by molar-refractivity contribution is 6.73. The standard InChI is InChI=1S/C13H28O3Si/c1-6-17(7-2,8-3)16-15-13(4,5)11-12-9-10-14-12/h12H,6-11H2,1-5H3. The molecule has 0 N–H and O–H groups in total. The number of ether oxygens (including phenoxy) is 1. The van der Waals surface area contributed by atoms with Crippen molar-refractivity contribution in [2.24, 2.45) is 0 Å². The summed E-state index contributed by atoms with van der Waals surface area (Å²) in [6, 6.07) is 3.36. The molecule has 17 heavy (non-hydrogen) atoms. The predicted molar refractivity (Wildman–Crippen MR) is 72.4 cm³/mol. The summed E-state index contributed by atoms with van der Waals surface area (Å²) >= 11 is 0. The highest BCUT2D eigenvalue weighted by Crippen LogP contribution is 2.29. The molecule has 1 saturated heterocycles. The molecule has 0 radical (unpaired) electrons. The molecule has 3 nitrogen and oxygen atoms in total. The van der Waals surface area contributed by atoms with Crippen LogP contribution in [-0.4, -0.2) is 26.6 Å². The minimum absolute atomic E-state index is 0.233. The molecule has 1 heterocycles. The van der Waals surface area contributed by atoms with Crippen LogP contribution in [0.3, 0.4) is 0 Å². The zero-order valence-corrected chi connectivity index (χ0v) is 13.0. The molecule has 0 aliphatic carbocycles. The Morgan fingerprint density at radius 3 is 2.06 bits per heavy atom. The zero-order valence-electron chi connectivity index (χ0n) is 12.0. The maximum absolute atomic E-state index is 5.89. The van der Waals surface area contributed by atoms with Gasteiger partial charge in [0.1, 0.15) is 0 Å². The van der Waals surface area contributed by atoms with Crippen LogP contribution in [0.2, 0.25) is 18.1 Å². The van der Waals surface area contributed by atoms with Gasteiger partial charge in [0.25, 0.3) is 0 Å². The first-order chi connectivity index (χ1) is 7.97. The summed E-state index contributed by atoms with van der Waals surface area (Å²) in [5.41, 5.74) is -0.233. The maximum Gasteiger partial charge on any atom is 0.238 e. The summed E-state index contributed by atoms with van der Waals surface area (Å²) in [7, 11) is -1.63. The van der Waals surface area contributed by atoms with Gasteiger partial charge in [0, 0.05) is 13.0 Å². The molecular formula is C13H28O3Si. The molecule has 0 aromatic heterocycles. The van der Waals surface area contributed by atoms with Gasteiger partial charge < -0.3 is 4.74 Å². The van der Waals surface area contributed by atoms with Crippen molar-refractivity contribution in [2.45, 2.75) is 77.3 Å². The van der Waals surface area contributed by atoms with E-state index in [1.54, 1.807) is 0 Å². The molecule has 0 aromatic carbocycles. The van der Waals surface area contributed by atoms with E-state index in [9.17, 15) is 0 Å². The summed E-state index contributed by atoms with van der Waals surface area (Å²) in [5, 5.41) is 0. The summed E-state index contributed by atoms with van der Waals surface area (Å²) < 4.78 is 11.3. The van der Waals surface area contributed by atoms with Crippen LogP contribution in [-0.2, 0) is 14.2 Å². The number of rotatable bonds is 8. The van der Waals surface area contributed by atoms with Gasteiger partial charge >= 0.3 is 0 Å². The van der Waals surface area contributed by atoms with Gasteiger partial charge in [0.15, 0.2) is 0 Å². The molecule has 4 heteroatoms. The van der Waals surface area contributed by atoms with E-state index in [1.165, 1.54) is 0 Å². The van der Waals surface area contributed by atoms with Crippen LogP contribution >= 0.6 is 0 Å². The summed E-state index contributed by atoms with van der Waals surface area (Å²) in [6.45, 7) is 11.7. The molecule has 1 fully saturated rings. The minimum atomic E-state index is -1.63. The van der Waals surface area contributed by atoms with Crippen LogP contribution < -0.4 is 0 Å². The number of hydrogen-bond donors (Lipinski definition) is 0. The second kappa shape index (κ2) is 6.32. The summed E-state index contributed by atoms with van der Waals surface area (Å²) in [4.78, 5) is 5.76. The molecule has 1 aliphatic heterocycles. The summed E-state index contributed by atoms with van der Waals surface area (Å²) in [5.74, 6) is 0. The molecule has 0 spiro atoms. The van der Waals surface area contributed by atoms with E-state index in [4.69, 9.17) is 14.2 Å². The van der Waals surface area contributed by atoms with Gasteiger partial charge in [-0.05, 0) is 38.4 Å². The van der Waals surface area contributed by atoms with Crippen LogP contribution in [0, 0.1) is 0 Å². The van der Waals surface area contributed by atoms with Gasteiger partial charge in [-0.2, -0.15) is 0 Å². The molecule has 1 atom stereocenters. The van der Waals surface area contributed by atoms with E-state index in [0.717, 1.165) is 37.6 Å². The molecule has 0 saturated carbocycles. The molecule has 0 bridgehead atoms. The fourth-order valence-electron chi connectivity index (χ4n) is 2.16. The Morgan fingerprint density at radius 2 is 1.71 bits per heavy atom. The Bertz CT molecular complexity index is 214. The number of hydrogen-bond acceptors (Lipinski definition) is 3. The third kappa shape index (κ3) is 4.36. The molecule has 1 unspecified atom stereocenters. The van der Waals surface area contributed by atoms with Crippen LogP contribution in [0.15, 0.2) is 0 Å². The Hall–Kier alpha value is 0.0969. The summed E-state index contributed by atoms with van der Waals surface area (Å²) in [6.07, 6.45) is 2.45. The lowest BCUT2D eigenvalue weighted by atomic mass is 9.97. The van der Waals surface area contributed by atoms with E-state index in [-0.39, 0.29) is 5.60 Å². The highest BCUT2D eigenvalue weighted by Gasteiger charge is 2.35. The van der Waals surface area contributed by atoms with Gasteiger partial charge in [0.05, 0.1) is 11.7 Å². The predicted octanol–water partition coefficient (Wildman–Crippen LogP) is 3.90. The van der Waals surface area contributed by atoms with Crippen molar-refractivity contribution in [2.75, 3.05) is 6.61 Å². The fraction of sp³-hybridized carbons (Fsp3) is 1.00. The molecule has 1 rings (SSSR count). The van der Waals surface area contributed by atoms with Gasteiger partial charge in [-0.15, -0.1) is 0 Å². The lowest BCUT2D eigenvalue weighted by Gasteiger charge is -2.36. The molecule has 1 aliphatic rings. The van der Waals surface area contributed by atoms with Crippen molar-refractivity contribution in [1.82, 2.24) is 0 Å². The Balaban J connectivity index is 2.40. The second-order valence-corrected chi connectivity index (χ2v) is 10.3. The van der Waals surface area contributed by atoms with Crippen molar-refractivity contribution >= 4 is 8.32 Å². The largest absolute Gasteiger partial charge is 0.378 e. The maximum atomic E-state index is 5.89. The normalized spacial score (nSPS) is 21.4. The van der Waals surface area contributed by atoms with Crippen LogP contribution in [0.4, 0.5) is 0 Å². The van der Waals surface area contributed by atoms with Gasteiger partial charge in [-0.3, -0.25) is 4.58 Å². The molecule has 0 aromatic rings. The minimum Gasteiger partial charge on any atom is -0.378 e. The average molecular weight is 260 g/mol.